The van der Waals surface area contributed by atoms with Crippen LogP contribution in [0.5, 0.6) is 0 Å². The molecule has 3 saturated heterocycles. The molecule has 9 nitrogen and oxygen atoms in total. The highest BCUT2D eigenvalue weighted by atomic mass is 16.5. The van der Waals surface area contributed by atoms with E-state index in [4.69, 9.17) is 4.74 Å². The van der Waals surface area contributed by atoms with Crippen LogP contribution in [0.1, 0.15) is 71.2 Å². The van der Waals surface area contributed by atoms with Gasteiger partial charge in [-0.15, -0.1) is 0 Å². The van der Waals surface area contributed by atoms with Crippen LogP contribution < -0.4 is 10.6 Å². The van der Waals surface area contributed by atoms with E-state index in [1.54, 1.807) is 12.1 Å². The summed E-state index contributed by atoms with van der Waals surface area (Å²) in [4.78, 5) is 53.0. The molecule has 0 spiro atoms. The highest BCUT2D eigenvalue weighted by Gasteiger charge is 2.44. The molecule has 0 radical (unpaired) electrons. The Morgan fingerprint density at radius 3 is 2.51 bits per heavy atom. The number of nitrogens with one attached hydrogen (secondary N) is 2. The van der Waals surface area contributed by atoms with Gasteiger partial charge in [0, 0.05) is 32.7 Å². The third-order valence-electron chi connectivity index (χ3n) is 7.72. The second-order valence-electron chi connectivity index (χ2n) is 10.2. The second kappa shape index (κ2) is 10.6. The van der Waals surface area contributed by atoms with Crippen molar-refractivity contribution in [3.8, 4) is 0 Å². The van der Waals surface area contributed by atoms with Gasteiger partial charge in [0.05, 0.1) is 17.2 Å². The van der Waals surface area contributed by atoms with Crippen molar-refractivity contribution in [2.24, 2.45) is 5.92 Å². The van der Waals surface area contributed by atoms with Gasteiger partial charge >= 0.3 is 0 Å². The van der Waals surface area contributed by atoms with Crippen LogP contribution in [-0.2, 0) is 20.9 Å². The molecule has 0 aromatic heterocycles. The fourth-order valence-electron chi connectivity index (χ4n) is 5.68. The number of amides is 4. The van der Waals surface area contributed by atoms with Gasteiger partial charge in [0.2, 0.25) is 11.8 Å². The number of piperidine rings is 3. The summed E-state index contributed by atoms with van der Waals surface area (Å²) in [7, 11) is 0. The van der Waals surface area contributed by atoms with Gasteiger partial charge in [-0.1, -0.05) is 6.07 Å². The summed E-state index contributed by atoms with van der Waals surface area (Å²) in [6, 6.07) is 4.42. The van der Waals surface area contributed by atoms with E-state index in [1.165, 1.54) is 12.8 Å². The van der Waals surface area contributed by atoms with Crippen LogP contribution in [0.25, 0.3) is 0 Å². The third-order valence-corrected chi connectivity index (χ3v) is 7.72. The highest BCUT2D eigenvalue weighted by Crippen LogP contribution is 2.29. The van der Waals surface area contributed by atoms with Gasteiger partial charge < -0.3 is 10.1 Å². The molecule has 5 rings (SSSR count). The zero-order valence-electron chi connectivity index (χ0n) is 20.1. The standard InChI is InChI=1S/C26H34N4O5/c31-23-6-5-22(24(32)28-23)30-25(33)20-4-3-18(14-21(20)26(30)34)16-29-11-7-19(8-12-29)35-13-9-17-2-1-10-27-15-17/h3-4,14,17,19,22,27H,1-2,5-13,15-16H2,(H,28,31,32). The molecule has 4 amide bonds. The van der Waals surface area contributed by atoms with Crippen molar-refractivity contribution in [2.45, 2.75) is 63.6 Å². The number of likely N-dealkylation sites (tertiary alicyclic amines) is 1. The molecule has 0 bridgehead atoms. The molecular formula is C26H34N4O5. The summed E-state index contributed by atoms with van der Waals surface area (Å²) in [5.74, 6) is -1.14. The fraction of sp³-hybridized carbons (Fsp3) is 0.615. The Morgan fingerprint density at radius 2 is 1.77 bits per heavy atom. The van der Waals surface area contributed by atoms with Gasteiger partial charge in [-0.25, -0.2) is 0 Å². The molecule has 188 valence electrons. The monoisotopic (exact) mass is 482 g/mol. The topological polar surface area (TPSA) is 108 Å². The van der Waals surface area contributed by atoms with Crippen LogP contribution in [0.3, 0.4) is 0 Å². The number of nitrogens with zero attached hydrogens (tertiary/aromatic N) is 2. The number of ether oxygens (including phenoxy) is 1. The van der Waals surface area contributed by atoms with E-state index < -0.39 is 23.8 Å². The number of carbonyl (C=O) groups excluding carboxylic acids is 4. The molecule has 0 saturated carbocycles. The molecule has 4 aliphatic rings. The zero-order valence-corrected chi connectivity index (χ0v) is 20.1. The Morgan fingerprint density at radius 1 is 0.971 bits per heavy atom. The first-order valence-corrected chi connectivity index (χ1v) is 12.9. The van der Waals surface area contributed by atoms with Gasteiger partial charge in [-0.3, -0.25) is 34.3 Å². The third kappa shape index (κ3) is 5.32. The Bertz CT molecular complexity index is 997. The Balaban J connectivity index is 1.12. The molecular weight excluding hydrogens is 448 g/mol. The molecule has 9 heteroatoms. The van der Waals surface area contributed by atoms with E-state index in [0.29, 0.717) is 23.8 Å². The lowest BCUT2D eigenvalue weighted by atomic mass is 9.96. The lowest BCUT2D eigenvalue weighted by Crippen LogP contribution is -2.54. The van der Waals surface area contributed by atoms with Crippen LogP contribution in [0.4, 0.5) is 0 Å². The van der Waals surface area contributed by atoms with Gasteiger partial charge in [0.15, 0.2) is 0 Å². The minimum atomic E-state index is -0.933. The quantitative estimate of drug-likeness (QED) is 0.567. The summed E-state index contributed by atoms with van der Waals surface area (Å²) in [6.45, 7) is 5.66. The predicted molar refractivity (Wildman–Crippen MR) is 128 cm³/mol. The average molecular weight is 483 g/mol. The number of hydrogen-bond acceptors (Lipinski definition) is 7. The van der Waals surface area contributed by atoms with Gasteiger partial charge in [0.1, 0.15) is 6.04 Å². The molecule has 1 aromatic rings. The largest absolute Gasteiger partial charge is 0.378 e. The molecule has 3 fully saturated rings. The summed E-state index contributed by atoms with van der Waals surface area (Å²) in [6.07, 6.45) is 6.28. The lowest BCUT2D eigenvalue weighted by molar-refractivity contribution is -0.136. The Hall–Kier alpha value is -2.62. The van der Waals surface area contributed by atoms with E-state index in [-0.39, 0.29) is 18.7 Å². The van der Waals surface area contributed by atoms with Crippen molar-refractivity contribution in [2.75, 3.05) is 32.8 Å². The Labute approximate surface area is 205 Å². The van der Waals surface area contributed by atoms with Crippen molar-refractivity contribution in [3.05, 3.63) is 34.9 Å². The van der Waals surface area contributed by atoms with Crippen molar-refractivity contribution in [1.82, 2.24) is 20.4 Å². The first-order valence-electron chi connectivity index (χ1n) is 12.9. The maximum Gasteiger partial charge on any atom is 0.262 e. The minimum absolute atomic E-state index is 0.118. The number of fused-ring (bicyclic) bond motifs is 1. The molecule has 4 heterocycles. The van der Waals surface area contributed by atoms with E-state index in [2.05, 4.69) is 15.5 Å². The van der Waals surface area contributed by atoms with Crippen molar-refractivity contribution >= 4 is 23.6 Å². The molecule has 35 heavy (non-hydrogen) atoms. The molecule has 4 aliphatic heterocycles. The number of rotatable bonds is 7. The van der Waals surface area contributed by atoms with Crippen LogP contribution in [0.15, 0.2) is 18.2 Å². The SMILES string of the molecule is O=C1CCC(N2C(=O)c3ccc(CN4CCC(OCCC5CCCNC5)CC4)cc3C2=O)C(=O)N1. The van der Waals surface area contributed by atoms with Crippen LogP contribution in [0, 0.1) is 5.92 Å². The molecule has 2 N–H and O–H groups in total. The maximum atomic E-state index is 13.0. The summed E-state index contributed by atoms with van der Waals surface area (Å²) >= 11 is 0. The van der Waals surface area contributed by atoms with Crippen molar-refractivity contribution in [1.29, 1.82) is 0 Å². The van der Waals surface area contributed by atoms with E-state index in [1.807, 2.05) is 6.07 Å². The first kappa shape index (κ1) is 24.1. The number of hydrogen-bond donors (Lipinski definition) is 2. The minimum Gasteiger partial charge on any atom is -0.378 e. The predicted octanol–water partition coefficient (Wildman–Crippen LogP) is 1.46. The number of carbonyl (C=O) groups is 4. The molecule has 0 aliphatic carbocycles. The smallest absolute Gasteiger partial charge is 0.262 e. The molecule has 2 unspecified atom stereocenters. The maximum absolute atomic E-state index is 13.0. The van der Waals surface area contributed by atoms with Gasteiger partial charge in [0.25, 0.3) is 11.8 Å². The average Bonchev–Trinajstić information content (AvgIpc) is 3.10. The number of benzene rings is 1. The highest BCUT2D eigenvalue weighted by molar-refractivity contribution is 6.23. The van der Waals surface area contributed by atoms with Gasteiger partial charge in [-0.05, 0) is 75.2 Å². The summed E-state index contributed by atoms with van der Waals surface area (Å²) in [5.41, 5.74) is 1.63. The van der Waals surface area contributed by atoms with Crippen LogP contribution >= 0.6 is 0 Å². The van der Waals surface area contributed by atoms with Crippen LogP contribution in [-0.4, -0.2) is 78.4 Å². The van der Waals surface area contributed by atoms with E-state index in [0.717, 1.165) is 68.4 Å². The first-order chi connectivity index (χ1) is 17.0. The summed E-state index contributed by atoms with van der Waals surface area (Å²) in [5, 5.41) is 5.69. The Kier molecular flexibility index (Phi) is 7.27. The van der Waals surface area contributed by atoms with Crippen LogP contribution in [0.2, 0.25) is 0 Å². The molecule has 1 aromatic carbocycles. The lowest BCUT2D eigenvalue weighted by Gasteiger charge is -2.32. The van der Waals surface area contributed by atoms with E-state index in [9.17, 15) is 19.2 Å². The molecule has 2 atom stereocenters. The van der Waals surface area contributed by atoms with Gasteiger partial charge in [-0.2, -0.15) is 0 Å². The van der Waals surface area contributed by atoms with Crippen molar-refractivity contribution < 1.29 is 23.9 Å². The number of imide groups is 2. The zero-order chi connectivity index (χ0) is 24.4. The van der Waals surface area contributed by atoms with E-state index >= 15 is 0 Å². The van der Waals surface area contributed by atoms with Crippen molar-refractivity contribution in [3.63, 3.8) is 0 Å². The normalized spacial score (nSPS) is 26.2. The summed E-state index contributed by atoms with van der Waals surface area (Å²) < 4.78 is 6.16. The fourth-order valence-corrected chi connectivity index (χ4v) is 5.68. The second-order valence-corrected chi connectivity index (χ2v) is 10.2.